The van der Waals surface area contributed by atoms with Crippen molar-refractivity contribution >= 4 is 29.0 Å². The lowest BCUT2D eigenvalue weighted by atomic mass is 10.2. The molecule has 0 aliphatic heterocycles. The van der Waals surface area contributed by atoms with Crippen LogP contribution < -0.4 is 5.56 Å². The van der Waals surface area contributed by atoms with E-state index in [2.05, 4.69) is 22.0 Å². The Morgan fingerprint density at radius 2 is 1.90 bits per heavy atom. The van der Waals surface area contributed by atoms with E-state index in [9.17, 15) is 4.79 Å². The summed E-state index contributed by atoms with van der Waals surface area (Å²) in [5, 5.41) is 10.3. The van der Waals surface area contributed by atoms with Gasteiger partial charge in [0.1, 0.15) is 5.65 Å². The normalized spacial score (nSPS) is 12.6. The Morgan fingerprint density at radius 1 is 1.16 bits per heavy atom. The predicted octanol–water partition coefficient (Wildman–Crippen LogP) is 4.15. The molecule has 0 fully saturated rings. The number of thioether (sulfide) groups is 1. The second-order valence-electron chi connectivity index (χ2n) is 7.55. The van der Waals surface area contributed by atoms with E-state index >= 15 is 0 Å². The molecule has 9 heteroatoms. The summed E-state index contributed by atoms with van der Waals surface area (Å²) >= 11 is 7.59. The summed E-state index contributed by atoms with van der Waals surface area (Å²) in [6.07, 6.45) is 1.74. The van der Waals surface area contributed by atoms with E-state index < -0.39 is 0 Å². The van der Waals surface area contributed by atoms with Crippen LogP contribution in [0, 0.1) is 6.92 Å². The number of pyridine rings is 1. The Labute approximate surface area is 189 Å². The first-order valence-corrected chi connectivity index (χ1v) is 11.2. The third-order valence-electron chi connectivity index (χ3n) is 5.18. The number of aromatic nitrogens is 5. The van der Waals surface area contributed by atoms with Gasteiger partial charge in [0.05, 0.1) is 11.7 Å². The van der Waals surface area contributed by atoms with Gasteiger partial charge in [0.25, 0.3) is 5.56 Å². The van der Waals surface area contributed by atoms with Crippen LogP contribution >= 0.6 is 23.4 Å². The Bertz CT molecular complexity index is 1280. The largest absolute Gasteiger partial charge is 0.300 e. The number of hydrogen-bond donors (Lipinski definition) is 0. The minimum Gasteiger partial charge on any atom is -0.300 e. The minimum absolute atomic E-state index is 0.0589. The van der Waals surface area contributed by atoms with E-state index in [1.807, 2.05) is 62.0 Å². The second-order valence-corrected chi connectivity index (χ2v) is 8.93. The topological polar surface area (TPSA) is 68.3 Å². The molecule has 0 bridgehead atoms. The van der Waals surface area contributed by atoms with Gasteiger partial charge in [-0.2, -0.15) is 0 Å². The highest BCUT2D eigenvalue weighted by Crippen LogP contribution is 2.29. The van der Waals surface area contributed by atoms with Crippen LogP contribution in [0.4, 0.5) is 0 Å². The number of aryl methyl sites for hydroxylation is 1. The van der Waals surface area contributed by atoms with Gasteiger partial charge in [0, 0.05) is 28.7 Å². The summed E-state index contributed by atoms with van der Waals surface area (Å²) in [7, 11) is 4.01. The molecule has 4 rings (SSSR count). The van der Waals surface area contributed by atoms with Crippen molar-refractivity contribution < 1.29 is 0 Å². The van der Waals surface area contributed by atoms with Crippen molar-refractivity contribution in [2.75, 3.05) is 14.1 Å². The molecular formula is C22H23ClN6OS. The van der Waals surface area contributed by atoms with Crippen molar-refractivity contribution in [1.29, 1.82) is 0 Å². The maximum atomic E-state index is 12.5. The van der Waals surface area contributed by atoms with Gasteiger partial charge in [-0.3, -0.25) is 18.7 Å². The first-order chi connectivity index (χ1) is 14.8. The third-order valence-corrected chi connectivity index (χ3v) is 6.39. The van der Waals surface area contributed by atoms with Gasteiger partial charge < -0.3 is 0 Å². The maximum Gasteiger partial charge on any atom is 0.258 e. The first-order valence-electron chi connectivity index (χ1n) is 9.83. The van der Waals surface area contributed by atoms with Gasteiger partial charge >= 0.3 is 0 Å². The van der Waals surface area contributed by atoms with E-state index in [0.29, 0.717) is 22.1 Å². The average molecular weight is 455 g/mol. The molecule has 1 unspecified atom stereocenters. The van der Waals surface area contributed by atoms with Crippen molar-refractivity contribution in [2.45, 2.75) is 30.8 Å². The summed E-state index contributed by atoms with van der Waals surface area (Å²) in [4.78, 5) is 19.3. The molecule has 0 amide bonds. The molecule has 0 aliphatic rings. The first kappa shape index (κ1) is 21.5. The molecule has 0 N–H and O–H groups in total. The smallest absolute Gasteiger partial charge is 0.258 e. The molecule has 4 aromatic rings. The highest BCUT2D eigenvalue weighted by molar-refractivity contribution is 7.98. The zero-order valence-electron chi connectivity index (χ0n) is 17.8. The fourth-order valence-electron chi connectivity index (χ4n) is 3.23. The highest BCUT2D eigenvalue weighted by Gasteiger charge is 2.21. The fraction of sp³-hybridized carbons (Fsp3) is 0.273. The molecule has 1 atom stereocenters. The lowest BCUT2D eigenvalue weighted by Gasteiger charge is -2.20. The summed E-state index contributed by atoms with van der Waals surface area (Å²) < 4.78 is 3.60. The summed E-state index contributed by atoms with van der Waals surface area (Å²) in [6.45, 7) is 4.03. The van der Waals surface area contributed by atoms with Crippen molar-refractivity contribution in [3.05, 3.63) is 81.1 Å². The van der Waals surface area contributed by atoms with Crippen LogP contribution in [0.5, 0.6) is 0 Å². The van der Waals surface area contributed by atoms with Crippen LogP contribution in [-0.2, 0) is 5.75 Å². The molecule has 7 nitrogen and oxygen atoms in total. The van der Waals surface area contributed by atoms with Crippen LogP contribution in [0.25, 0.3) is 11.3 Å². The van der Waals surface area contributed by atoms with Gasteiger partial charge in [0.15, 0.2) is 11.0 Å². The standard InChI is InChI=1S/C22H23ClN6OS/c1-14-6-5-11-28-19(30)12-17(24-20(14)28)13-31-22-26-25-21(15(2)27(3)4)29(22)18-9-7-16(23)8-10-18/h5-12,15H,13H2,1-4H3. The number of benzene rings is 1. The number of nitrogens with zero attached hydrogens (tertiary/aromatic N) is 6. The van der Waals surface area contributed by atoms with Crippen molar-refractivity contribution in [3.63, 3.8) is 0 Å². The molecule has 0 saturated carbocycles. The van der Waals surface area contributed by atoms with Crippen LogP contribution in [0.3, 0.4) is 0 Å². The van der Waals surface area contributed by atoms with E-state index in [1.54, 1.807) is 16.7 Å². The van der Waals surface area contributed by atoms with Crippen molar-refractivity contribution in [3.8, 4) is 5.69 Å². The molecule has 1 aromatic carbocycles. The predicted molar refractivity (Wildman–Crippen MR) is 124 cm³/mol. The van der Waals surface area contributed by atoms with E-state index in [-0.39, 0.29) is 11.6 Å². The lowest BCUT2D eigenvalue weighted by molar-refractivity contribution is 0.305. The monoisotopic (exact) mass is 454 g/mol. The van der Waals surface area contributed by atoms with Crippen LogP contribution in [0.1, 0.15) is 30.0 Å². The van der Waals surface area contributed by atoms with Gasteiger partial charge in [-0.25, -0.2) is 4.98 Å². The molecular weight excluding hydrogens is 432 g/mol. The van der Waals surface area contributed by atoms with Gasteiger partial charge in [0.2, 0.25) is 0 Å². The summed E-state index contributed by atoms with van der Waals surface area (Å²) in [5.41, 5.74) is 3.18. The van der Waals surface area contributed by atoms with Gasteiger partial charge in [-0.15, -0.1) is 10.2 Å². The van der Waals surface area contributed by atoms with Crippen molar-refractivity contribution in [2.24, 2.45) is 0 Å². The van der Waals surface area contributed by atoms with Gasteiger partial charge in [-0.05, 0) is 63.8 Å². The maximum absolute atomic E-state index is 12.5. The molecule has 0 aliphatic carbocycles. The van der Waals surface area contributed by atoms with Crippen LogP contribution in [0.15, 0.2) is 58.6 Å². The Balaban J connectivity index is 1.70. The number of fused-ring (bicyclic) bond motifs is 1. The number of halogens is 1. The van der Waals surface area contributed by atoms with Crippen LogP contribution in [-0.4, -0.2) is 43.1 Å². The lowest BCUT2D eigenvalue weighted by Crippen LogP contribution is -2.20. The van der Waals surface area contributed by atoms with Crippen LogP contribution in [0.2, 0.25) is 5.02 Å². The molecule has 31 heavy (non-hydrogen) atoms. The molecule has 3 aromatic heterocycles. The van der Waals surface area contributed by atoms with Gasteiger partial charge in [-0.1, -0.05) is 29.4 Å². The summed E-state index contributed by atoms with van der Waals surface area (Å²) in [6, 6.07) is 13.0. The zero-order valence-corrected chi connectivity index (χ0v) is 19.4. The fourth-order valence-corrected chi connectivity index (χ4v) is 4.21. The second kappa shape index (κ2) is 8.82. The molecule has 0 saturated heterocycles. The molecule has 0 spiro atoms. The molecule has 0 radical (unpaired) electrons. The van der Waals surface area contributed by atoms with E-state index in [1.165, 1.54) is 11.8 Å². The van der Waals surface area contributed by atoms with E-state index in [4.69, 9.17) is 16.6 Å². The number of rotatable bonds is 6. The average Bonchev–Trinajstić information content (AvgIpc) is 3.17. The minimum atomic E-state index is -0.0922. The Hall–Kier alpha value is -2.68. The molecule has 3 heterocycles. The molecule has 160 valence electrons. The quantitative estimate of drug-likeness (QED) is 0.407. The zero-order chi connectivity index (χ0) is 22.1. The summed E-state index contributed by atoms with van der Waals surface area (Å²) in [5.74, 6) is 1.33. The Morgan fingerprint density at radius 3 is 2.61 bits per heavy atom. The third kappa shape index (κ3) is 4.37. The Kier molecular flexibility index (Phi) is 6.13. The van der Waals surface area contributed by atoms with E-state index in [0.717, 1.165) is 22.2 Å². The van der Waals surface area contributed by atoms with Crippen molar-refractivity contribution in [1.82, 2.24) is 29.0 Å². The highest BCUT2D eigenvalue weighted by atomic mass is 35.5. The SMILES string of the molecule is Cc1cccn2c(=O)cc(CSc3nnc(C(C)N(C)C)n3-c3ccc(Cl)cc3)nc12. The number of hydrogen-bond acceptors (Lipinski definition) is 6.